The lowest BCUT2D eigenvalue weighted by molar-refractivity contribution is -0.138. The molecule has 0 radical (unpaired) electrons. The van der Waals surface area contributed by atoms with Crippen molar-refractivity contribution >= 4 is 23.6 Å². The number of furan rings is 1. The molecule has 0 aromatic carbocycles. The highest BCUT2D eigenvalue weighted by molar-refractivity contribution is 7.98. The van der Waals surface area contributed by atoms with Gasteiger partial charge in [0, 0.05) is 6.04 Å². The summed E-state index contributed by atoms with van der Waals surface area (Å²) in [4.78, 5) is 24.3. The molecule has 1 atom stereocenters. The summed E-state index contributed by atoms with van der Waals surface area (Å²) in [6, 6.07) is 2.55. The summed E-state index contributed by atoms with van der Waals surface area (Å²) in [5.41, 5.74) is 0. The number of alkyl halides is 2. The minimum Gasteiger partial charge on any atom is -0.480 e. The summed E-state index contributed by atoms with van der Waals surface area (Å²) < 4.78 is 29.4. The molecule has 0 aliphatic carbocycles. The Morgan fingerprint density at radius 2 is 2.10 bits per heavy atom. The Hall–Kier alpha value is -1.57. The van der Waals surface area contributed by atoms with Gasteiger partial charge in [-0.3, -0.25) is 9.59 Å². The number of carboxylic acids is 1. The van der Waals surface area contributed by atoms with Crippen molar-refractivity contribution in [3.63, 3.8) is 0 Å². The molecule has 1 amide bonds. The van der Waals surface area contributed by atoms with Crippen molar-refractivity contribution in [2.45, 2.75) is 37.8 Å². The van der Waals surface area contributed by atoms with Gasteiger partial charge < -0.3 is 14.4 Å². The SMILES string of the molecule is CCC(C)N(CC(=O)O)C(=O)c1ccc(CSC(F)F)o1. The Morgan fingerprint density at radius 1 is 1.43 bits per heavy atom. The maximum atomic E-state index is 12.2. The molecule has 8 heteroatoms. The first-order valence-electron chi connectivity index (χ1n) is 6.36. The minimum absolute atomic E-state index is 0.0404. The first-order valence-corrected chi connectivity index (χ1v) is 7.41. The Bertz CT molecular complexity index is 492. The minimum atomic E-state index is -2.52. The van der Waals surface area contributed by atoms with Crippen LogP contribution >= 0.6 is 11.8 Å². The lowest BCUT2D eigenvalue weighted by Gasteiger charge is -2.25. The maximum absolute atomic E-state index is 12.2. The quantitative estimate of drug-likeness (QED) is 0.797. The van der Waals surface area contributed by atoms with Gasteiger partial charge in [0.05, 0.1) is 5.75 Å². The summed E-state index contributed by atoms with van der Waals surface area (Å²) in [6.07, 6.45) is 0.591. The number of carbonyl (C=O) groups is 2. The van der Waals surface area contributed by atoms with Crippen molar-refractivity contribution in [3.8, 4) is 0 Å². The van der Waals surface area contributed by atoms with Crippen LogP contribution in [-0.4, -0.2) is 40.2 Å². The standard InChI is InChI=1S/C13H17F2NO4S/c1-3-8(2)16(6-11(17)18)12(19)10-5-4-9(20-10)7-21-13(14)15/h4-5,8,13H,3,6-7H2,1-2H3,(H,17,18). The molecule has 1 heterocycles. The molecule has 0 bridgehead atoms. The number of hydrogen-bond donors (Lipinski definition) is 1. The van der Waals surface area contributed by atoms with Gasteiger partial charge in [-0.15, -0.1) is 0 Å². The van der Waals surface area contributed by atoms with Gasteiger partial charge in [-0.1, -0.05) is 18.7 Å². The van der Waals surface area contributed by atoms with Crippen LogP contribution in [0.25, 0.3) is 0 Å². The highest BCUT2D eigenvalue weighted by atomic mass is 32.2. The van der Waals surface area contributed by atoms with Gasteiger partial charge in [-0.2, -0.15) is 8.78 Å². The zero-order valence-electron chi connectivity index (χ0n) is 11.7. The molecule has 1 rings (SSSR count). The van der Waals surface area contributed by atoms with Crippen LogP contribution in [0, 0.1) is 0 Å². The number of nitrogens with zero attached hydrogens (tertiary/aromatic N) is 1. The molecule has 0 fully saturated rings. The number of carbonyl (C=O) groups excluding carboxylic acids is 1. The Balaban J connectivity index is 2.81. The largest absolute Gasteiger partial charge is 0.480 e. The molecule has 0 saturated heterocycles. The first kappa shape index (κ1) is 17.5. The van der Waals surface area contributed by atoms with Gasteiger partial charge in [0.15, 0.2) is 5.76 Å². The first-order chi connectivity index (χ1) is 9.85. The van der Waals surface area contributed by atoms with E-state index in [0.29, 0.717) is 18.2 Å². The zero-order chi connectivity index (χ0) is 16.0. The predicted molar refractivity (Wildman–Crippen MR) is 74.4 cm³/mol. The molecule has 0 saturated carbocycles. The average molecular weight is 321 g/mol. The van der Waals surface area contributed by atoms with E-state index in [9.17, 15) is 18.4 Å². The molecular formula is C13H17F2NO4S. The van der Waals surface area contributed by atoms with Gasteiger partial charge in [0.1, 0.15) is 12.3 Å². The number of thioether (sulfide) groups is 1. The molecule has 1 unspecified atom stereocenters. The number of carboxylic acid groups (broad SMARTS) is 1. The van der Waals surface area contributed by atoms with Gasteiger partial charge in [-0.25, -0.2) is 0 Å². The molecule has 5 nitrogen and oxygen atoms in total. The maximum Gasteiger partial charge on any atom is 0.323 e. The zero-order valence-corrected chi connectivity index (χ0v) is 12.5. The number of hydrogen-bond acceptors (Lipinski definition) is 4. The van der Waals surface area contributed by atoms with Crippen LogP contribution < -0.4 is 0 Å². The van der Waals surface area contributed by atoms with E-state index >= 15 is 0 Å². The predicted octanol–water partition coefficient (Wildman–Crippen LogP) is 3.06. The van der Waals surface area contributed by atoms with Crippen molar-refractivity contribution in [1.29, 1.82) is 0 Å². The van der Waals surface area contributed by atoms with E-state index in [-0.39, 0.29) is 23.3 Å². The number of halogens is 2. The number of aliphatic carboxylic acids is 1. The van der Waals surface area contributed by atoms with E-state index in [0.717, 1.165) is 0 Å². The highest BCUT2D eigenvalue weighted by Gasteiger charge is 2.25. The fraction of sp³-hybridized carbons (Fsp3) is 0.538. The molecule has 1 aromatic rings. The lowest BCUT2D eigenvalue weighted by Crippen LogP contribution is -2.41. The van der Waals surface area contributed by atoms with Gasteiger partial charge in [-0.05, 0) is 25.5 Å². The van der Waals surface area contributed by atoms with Crippen LogP contribution in [0.1, 0.15) is 36.6 Å². The van der Waals surface area contributed by atoms with Crippen LogP contribution in [0.3, 0.4) is 0 Å². The summed E-state index contributed by atoms with van der Waals surface area (Å²) in [5.74, 6) is -4.03. The summed E-state index contributed by atoms with van der Waals surface area (Å²) in [5, 5.41) is 8.86. The van der Waals surface area contributed by atoms with Crippen LogP contribution in [0.15, 0.2) is 16.5 Å². The highest BCUT2D eigenvalue weighted by Crippen LogP contribution is 2.22. The molecule has 1 N–H and O–H groups in total. The lowest BCUT2D eigenvalue weighted by atomic mass is 10.2. The van der Waals surface area contributed by atoms with Crippen LogP contribution in [0.4, 0.5) is 8.78 Å². The molecule has 118 valence electrons. The third-order valence-electron chi connectivity index (χ3n) is 2.91. The molecule has 0 aliphatic heterocycles. The average Bonchev–Trinajstić information content (AvgIpc) is 2.89. The third-order valence-corrected chi connectivity index (χ3v) is 3.62. The van der Waals surface area contributed by atoms with Gasteiger partial charge in [0.2, 0.25) is 0 Å². The number of rotatable bonds is 8. The van der Waals surface area contributed by atoms with E-state index in [4.69, 9.17) is 9.52 Å². The van der Waals surface area contributed by atoms with Crippen LogP contribution in [0.5, 0.6) is 0 Å². The normalized spacial score (nSPS) is 12.4. The number of amides is 1. The smallest absolute Gasteiger partial charge is 0.323 e. The summed E-state index contributed by atoms with van der Waals surface area (Å²) in [7, 11) is 0. The van der Waals surface area contributed by atoms with Crippen LogP contribution in [0.2, 0.25) is 0 Å². The van der Waals surface area contributed by atoms with E-state index in [1.165, 1.54) is 17.0 Å². The van der Waals surface area contributed by atoms with Crippen molar-refractivity contribution in [3.05, 3.63) is 23.7 Å². The topological polar surface area (TPSA) is 70.8 Å². The fourth-order valence-electron chi connectivity index (χ4n) is 1.65. The van der Waals surface area contributed by atoms with Gasteiger partial charge >= 0.3 is 5.97 Å². The Labute approximate surface area is 125 Å². The second-order valence-electron chi connectivity index (χ2n) is 4.42. The van der Waals surface area contributed by atoms with Crippen molar-refractivity contribution in [1.82, 2.24) is 4.90 Å². The van der Waals surface area contributed by atoms with Crippen molar-refractivity contribution in [2.24, 2.45) is 0 Å². The monoisotopic (exact) mass is 321 g/mol. The molecule has 1 aromatic heterocycles. The Kier molecular flexibility index (Phi) is 6.67. The second kappa shape index (κ2) is 8.02. The summed E-state index contributed by atoms with van der Waals surface area (Å²) >= 11 is 0.393. The van der Waals surface area contributed by atoms with Crippen molar-refractivity contribution < 1.29 is 27.9 Å². The van der Waals surface area contributed by atoms with Crippen LogP contribution in [-0.2, 0) is 10.5 Å². The second-order valence-corrected chi connectivity index (χ2v) is 5.40. The van der Waals surface area contributed by atoms with E-state index in [1.54, 1.807) is 6.92 Å². The van der Waals surface area contributed by atoms with Gasteiger partial charge in [0.25, 0.3) is 11.7 Å². The third kappa shape index (κ3) is 5.37. The van der Waals surface area contributed by atoms with E-state index in [2.05, 4.69) is 0 Å². The molecule has 21 heavy (non-hydrogen) atoms. The summed E-state index contributed by atoms with van der Waals surface area (Å²) in [6.45, 7) is 3.13. The van der Waals surface area contributed by atoms with E-state index < -0.39 is 24.2 Å². The fourth-order valence-corrected chi connectivity index (χ4v) is 2.10. The molecule has 0 aliphatic rings. The Morgan fingerprint density at radius 3 is 2.62 bits per heavy atom. The molecular weight excluding hydrogens is 304 g/mol. The van der Waals surface area contributed by atoms with E-state index in [1.807, 2.05) is 6.92 Å². The molecule has 0 spiro atoms. The van der Waals surface area contributed by atoms with Crippen molar-refractivity contribution in [2.75, 3.05) is 6.54 Å².